The molecule has 0 aliphatic carbocycles. The van der Waals surface area contributed by atoms with Gasteiger partial charge in [0.15, 0.2) is 0 Å². The van der Waals surface area contributed by atoms with E-state index in [4.69, 9.17) is 0 Å². The Balaban J connectivity index is 4.01. The smallest absolute Gasteiger partial charge is 0.211 e. The maximum absolute atomic E-state index is 12.0. The molecule has 0 aliphatic rings. The molecular weight excluding hydrogens is 193 g/mol. The molecule has 0 aromatic heterocycles. The Morgan fingerprint density at radius 3 is 2.08 bits per heavy atom. The van der Waals surface area contributed by atoms with Crippen LogP contribution in [0.5, 0.6) is 0 Å². The molecule has 0 bridgehead atoms. The zero-order chi connectivity index (χ0) is 9.78. The lowest BCUT2D eigenvalue weighted by Gasteiger charge is -2.10. The van der Waals surface area contributed by atoms with Crippen LogP contribution < -0.4 is 0 Å². The fourth-order valence-electron chi connectivity index (χ4n) is 0.886. The maximum atomic E-state index is 12.0. The van der Waals surface area contributed by atoms with Crippen molar-refractivity contribution in [3.05, 3.63) is 0 Å². The standard InChI is InChI=1S/C6H11F3O2S/c1-2-5(3-6(7)8)4-12(9,10)11/h5-6H,2-4H2,1H3. The van der Waals surface area contributed by atoms with E-state index in [9.17, 15) is 21.1 Å². The number of rotatable bonds is 5. The van der Waals surface area contributed by atoms with Crippen LogP contribution in [-0.4, -0.2) is 20.6 Å². The van der Waals surface area contributed by atoms with Gasteiger partial charge in [-0.2, -0.15) is 8.42 Å². The average Bonchev–Trinajstić information content (AvgIpc) is 1.82. The number of hydrogen-bond donors (Lipinski definition) is 0. The molecule has 1 atom stereocenters. The van der Waals surface area contributed by atoms with E-state index in [1.165, 1.54) is 0 Å². The monoisotopic (exact) mass is 204 g/mol. The molecule has 12 heavy (non-hydrogen) atoms. The van der Waals surface area contributed by atoms with Crippen LogP contribution in [0.3, 0.4) is 0 Å². The maximum Gasteiger partial charge on any atom is 0.302 e. The summed E-state index contributed by atoms with van der Waals surface area (Å²) in [6, 6.07) is 0. The average molecular weight is 204 g/mol. The first kappa shape index (κ1) is 11.7. The van der Waals surface area contributed by atoms with Gasteiger partial charge in [0.25, 0.3) is 0 Å². The number of halogens is 3. The van der Waals surface area contributed by atoms with Crippen molar-refractivity contribution in [2.45, 2.75) is 26.2 Å². The molecule has 74 valence electrons. The van der Waals surface area contributed by atoms with Crippen molar-refractivity contribution in [1.82, 2.24) is 0 Å². The van der Waals surface area contributed by atoms with E-state index in [0.29, 0.717) is 0 Å². The van der Waals surface area contributed by atoms with Crippen LogP contribution in [0.1, 0.15) is 19.8 Å². The zero-order valence-electron chi connectivity index (χ0n) is 6.63. The summed E-state index contributed by atoms with van der Waals surface area (Å²) in [6.07, 6.45) is -2.88. The van der Waals surface area contributed by atoms with Gasteiger partial charge in [-0.15, -0.1) is 3.89 Å². The van der Waals surface area contributed by atoms with Crippen molar-refractivity contribution in [3.63, 3.8) is 0 Å². The molecule has 0 fully saturated rings. The Morgan fingerprint density at radius 1 is 1.33 bits per heavy atom. The van der Waals surface area contributed by atoms with E-state index in [0.717, 1.165) is 0 Å². The van der Waals surface area contributed by atoms with Gasteiger partial charge in [0.1, 0.15) is 0 Å². The van der Waals surface area contributed by atoms with Gasteiger partial charge < -0.3 is 0 Å². The summed E-state index contributed by atoms with van der Waals surface area (Å²) in [4.78, 5) is 0. The highest BCUT2D eigenvalue weighted by Gasteiger charge is 2.20. The highest BCUT2D eigenvalue weighted by atomic mass is 32.3. The second-order valence-electron chi connectivity index (χ2n) is 2.61. The summed E-state index contributed by atoms with van der Waals surface area (Å²) >= 11 is 0. The van der Waals surface area contributed by atoms with Gasteiger partial charge >= 0.3 is 10.2 Å². The highest BCUT2D eigenvalue weighted by molar-refractivity contribution is 7.86. The predicted molar refractivity (Wildman–Crippen MR) is 39.3 cm³/mol. The van der Waals surface area contributed by atoms with Crippen molar-refractivity contribution in [1.29, 1.82) is 0 Å². The molecule has 2 nitrogen and oxygen atoms in total. The van der Waals surface area contributed by atoms with Gasteiger partial charge in [0.05, 0.1) is 5.75 Å². The van der Waals surface area contributed by atoms with Crippen LogP contribution in [0.25, 0.3) is 0 Å². The zero-order valence-corrected chi connectivity index (χ0v) is 7.45. The van der Waals surface area contributed by atoms with Gasteiger partial charge in [-0.3, -0.25) is 0 Å². The summed E-state index contributed by atoms with van der Waals surface area (Å²) in [5.41, 5.74) is 0. The summed E-state index contributed by atoms with van der Waals surface area (Å²) in [7, 11) is -4.61. The van der Waals surface area contributed by atoms with E-state index >= 15 is 0 Å². The lowest BCUT2D eigenvalue weighted by atomic mass is 10.1. The molecule has 0 amide bonds. The van der Waals surface area contributed by atoms with E-state index in [1.54, 1.807) is 6.92 Å². The third-order valence-corrected chi connectivity index (χ3v) is 2.39. The van der Waals surface area contributed by atoms with Crippen molar-refractivity contribution < 1.29 is 21.1 Å². The van der Waals surface area contributed by atoms with Gasteiger partial charge in [-0.05, 0) is 5.92 Å². The summed E-state index contributed by atoms with van der Waals surface area (Å²) in [6.45, 7) is 1.55. The Labute approximate surface area is 70.0 Å². The molecule has 0 aromatic carbocycles. The minimum absolute atomic E-state index is 0.244. The molecule has 0 aliphatic heterocycles. The summed E-state index contributed by atoms with van der Waals surface area (Å²) < 4.78 is 55.6. The van der Waals surface area contributed by atoms with Crippen molar-refractivity contribution in [3.8, 4) is 0 Å². The fraction of sp³-hybridized carbons (Fsp3) is 1.00. The Morgan fingerprint density at radius 2 is 1.83 bits per heavy atom. The normalized spacial score (nSPS) is 15.1. The number of alkyl halides is 2. The largest absolute Gasteiger partial charge is 0.302 e. The molecule has 6 heteroatoms. The van der Waals surface area contributed by atoms with Crippen molar-refractivity contribution in [2.75, 3.05) is 5.75 Å². The predicted octanol–water partition coefficient (Wildman–Crippen LogP) is 1.97. The van der Waals surface area contributed by atoms with E-state index in [1.807, 2.05) is 0 Å². The molecule has 0 saturated heterocycles. The molecule has 0 heterocycles. The minimum Gasteiger partial charge on any atom is -0.211 e. The molecule has 0 aromatic rings. The summed E-state index contributed by atoms with van der Waals surface area (Å²) in [5, 5.41) is 0. The summed E-state index contributed by atoms with van der Waals surface area (Å²) in [5.74, 6) is -1.58. The van der Waals surface area contributed by atoms with Crippen LogP contribution >= 0.6 is 0 Å². The molecule has 1 unspecified atom stereocenters. The van der Waals surface area contributed by atoms with Gasteiger partial charge in [0, 0.05) is 6.42 Å². The van der Waals surface area contributed by atoms with Crippen LogP contribution in [0.2, 0.25) is 0 Å². The quantitative estimate of drug-likeness (QED) is 0.641. The third-order valence-electron chi connectivity index (χ3n) is 1.52. The SMILES string of the molecule is CCC(CC(F)F)CS(=O)(=O)F. The molecule has 0 rings (SSSR count). The molecule has 0 saturated carbocycles. The van der Waals surface area contributed by atoms with Gasteiger partial charge in [-0.25, -0.2) is 8.78 Å². The lowest BCUT2D eigenvalue weighted by molar-refractivity contribution is 0.117. The van der Waals surface area contributed by atoms with Crippen LogP contribution in [0.4, 0.5) is 12.7 Å². The van der Waals surface area contributed by atoms with Crippen LogP contribution in [-0.2, 0) is 10.2 Å². The minimum atomic E-state index is -4.61. The second-order valence-corrected chi connectivity index (χ2v) is 4.02. The topological polar surface area (TPSA) is 34.1 Å². The first-order chi connectivity index (χ1) is 5.35. The van der Waals surface area contributed by atoms with Crippen LogP contribution in [0.15, 0.2) is 0 Å². The van der Waals surface area contributed by atoms with Crippen molar-refractivity contribution >= 4 is 10.2 Å². The lowest BCUT2D eigenvalue weighted by Crippen LogP contribution is -2.14. The van der Waals surface area contributed by atoms with Crippen LogP contribution in [0, 0.1) is 5.92 Å². The molecule has 0 spiro atoms. The van der Waals surface area contributed by atoms with Crippen molar-refractivity contribution in [2.24, 2.45) is 5.92 Å². The second kappa shape index (κ2) is 4.69. The molecule has 0 radical (unpaired) electrons. The van der Waals surface area contributed by atoms with E-state index < -0.39 is 34.7 Å². The Kier molecular flexibility index (Phi) is 4.59. The van der Waals surface area contributed by atoms with E-state index in [2.05, 4.69) is 0 Å². The number of hydrogen-bond acceptors (Lipinski definition) is 2. The Hall–Kier alpha value is -0.260. The van der Waals surface area contributed by atoms with E-state index in [-0.39, 0.29) is 6.42 Å². The molecular formula is C6H11F3O2S. The van der Waals surface area contributed by atoms with Gasteiger partial charge in [0.2, 0.25) is 6.43 Å². The fourth-order valence-corrected chi connectivity index (χ4v) is 1.82. The first-order valence-electron chi connectivity index (χ1n) is 3.55. The first-order valence-corrected chi connectivity index (χ1v) is 5.11. The highest BCUT2D eigenvalue weighted by Crippen LogP contribution is 2.16. The third kappa shape index (κ3) is 6.45. The van der Waals surface area contributed by atoms with Gasteiger partial charge in [-0.1, -0.05) is 13.3 Å². The molecule has 0 N–H and O–H groups in total. The Bertz CT molecular complexity index is 213.